The Kier molecular flexibility index (Phi) is 4.41. The van der Waals surface area contributed by atoms with Crippen molar-refractivity contribution < 1.29 is 9.90 Å². The number of nitrogens with one attached hydrogen (secondary N) is 1. The normalized spacial score (nSPS) is 14.2. The highest BCUT2D eigenvalue weighted by Gasteiger charge is 2.15. The van der Waals surface area contributed by atoms with Crippen LogP contribution in [0.3, 0.4) is 0 Å². The molecule has 0 aliphatic heterocycles. The highest BCUT2D eigenvalue weighted by Crippen LogP contribution is 2.19. The second kappa shape index (κ2) is 6.04. The third-order valence-corrected chi connectivity index (χ3v) is 3.90. The summed E-state index contributed by atoms with van der Waals surface area (Å²) in [6.07, 6.45) is 4.59. The van der Waals surface area contributed by atoms with E-state index in [-0.39, 0.29) is 12.0 Å². The van der Waals surface area contributed by atoms with Crippen LogP contribution < -0.4 is 5.56 Å². The summed E-state index contributed by atoms with van der Waals surface area (Å²) in [5.41, 5.74) is 1.72. The first-order valence-corrected chi connectivity index (χ1v) is 7.12. The number of carboxylic acids is 1. The maximum Gasteiger partial charge on any atom is 0.303 e. The van der Waals surface area contributed by atoms with Crippen molar-refractivity contribution in [2.24, 2.45) is 0 Å². The van der Waals surface area contributed by atoms with E-state index in [0.717, 1.165) is 36.9 Å². The number of aliphatic carboxylic acids is 1. The van der Waals surface area contributed by atoms with Crippen molar-refractivity contribution in [3.63, 3.8) is 0 Å². The van der Waals surface area contributed by atoms with Crippen LogP contribution in [-0.4, -0.2) is 26.8 Å². The lowest BCUT2D eigenvalue weighted by Crippen LogP contribution is -2.21. The highest BCUT2D eigenvalue weighted by atomic mass is 32.2. The number of aromatic amines is 1. The molecule has 0 saturated carbocycles. The number of thioether (sulfide) groups is 1. The van der Waals surface area contributed by atoms with Crippen LogP contribution in [0.1, 0.15) is 36.9 Å². The van der Waals surface area contributed by atoms with E-state index in [0.29, 0.717) is 17.3 Å². The summed E-state index contributed by atoms with van der Waals surface area (Å²) in [5.74, 6) is -0.129. The summed E-state index contributed by atoms with van der Waals surface area (Å²) in [5, 5.41) is 9.15. The largest absolute Gasteiger partial charge is 0.481 e. The Morgan fingerprint density at radius 2 is 2.17 bits per heavy atom. The molecule has 0 atom stereocenters. The van der Waals surface area contributed by atoms with Gasteiger partial charge in [0.05, 0.1) is 5.69 Å². The van der Waals surface area contributed by atoms with Crippen LogP contribution in [0.15, 0.2) is 9.95 Å². The number of aryl methyl sites for hydroxylation is 1. The lowest BCUT2D eigenvalue weighted by atomic mass is 9.97. The topological polar surface area (TPSA) is 83.0 Å². The molecule has 18 heavy (non-hydrogen) atoms. The van der Waals surface area contributed by atoms with E-state index in [4.69, 9.17) is 5.11 Å². The summed E-state index contributed by atoms with van der Waals surface area (Å²) in [6, 6.07) is 0. The van der Waals surface area contributed by atoms with E-state index in [9.17, 15) is 9.59 Å². The molecule has 1 aromatic rings. The number of aromatic nitrogens is 2. The van der Waals surface area contributed by atoms with Gasteiger partial charge in [-0.3, -0.25) is 9.59 Å². The molecule has 0 radical (unpaired) electrons. The molecule has 0 bridgehead atoms. The number of hydrogen-bond acceptors (Lipinski definition) is 4. The molecule has 98 valence electrons. The van der Waals surface area contributed by atoms with Crippen molar-refractivity contribution in [3.8, 4) is 0 Å². The van der Waals surface area contributed by atoms with E-state index < -0.39 is 5.97 Å². The molecular weight excluding hydrogens is 252 g/mol. The summed E-state index contributed by atoms with van der Waals surface area (Å²) < 4.78 is 0. The lowest BCUT2D eigenvalue weighted by molar-refractivity contribution is -0.137. The molecular formula is C12H16N2O3S. The predicted molar refractivity (Wildman–Crippen MR) is 69.1 cm³/mol. The maximum atomic E-state index is 11.8. The average molecular weight is 268 g/mol. The molecule has 0 aromatic carbocycles. The van der Waals surface area contributed by atoms with Gasteiger partial charge in [-0.05, 0) is 32.1 Å². The SMILES string of the molecule is O=C(O)CCCSc1nc2c(c(=O)[nH]1)CCCC2. The van der Waals surface area contributed by atoms with Crippen LogP contribution in [0.4, 0.5) is 0 Å². The molecule has 0 fully saturated rings. The fraction of sp³-hybridized carbons (Fsp3) is 0.583. The fourth-order valence-corrected chi connectivity index (χ4v) is 2.86. The smallest absolute Gasteiger partial charge is 0.303 e. The van der Waals surface area contributed by atoms with Crippen LogP contribution in [0.2, 0.25) is 0 Å². The van der Waals surface area contributed by atoms with Crippen molar-refractivity contribution in [1.82, 2.24) is 9.97 Å². The van der Waals surface area contributed by atoms with Gasteiger partial charge in [0, 0.05) is 17.7 Å². The minimum atomic E-state index is -0.789. The number of fused-ring (bicyclic) bond motifs is 1. The molecule has 2 N–H and O–H groups in total. The number of H-pyrrole nitrogens is 1. The summed E-state index contributed by atoms with van der Waals surface area (Å²) in [4.78, 5) is 29.4. The Balaban J connectivity index is 1.99. The quantitative estimate of drug-likeness (QED) is 0.481. The molecule has 1 heterocycles. The molecule has 0 spiro atoms. The molecule has 1 aliphatic rings. The van der Waals surface area contributed by atoms with E-state index in [1.165, 1.54) is 11.8 Å². The van der Waals surface area contributed by atoms with Gasteiger partial charge in [0.25, 0.3) is 5.56 Å². The van der Waals surface area contributed by atoms with E-state index >= 15 is 0 Å². The Morgan fingerprint density at radius 3 is 2.94 bits per heavy atom. The van der Waals surface area contributed by atoms with Gasteiger partial charge in [-0.2, -0.15) is 0 Å². The average Bonchev–Trinajstić information content (AvgIpc) is 2.35. The monoisotopic (exact) mass is 268 g/mol. The Labute approximate surface area is 109 Å². The summed E-state index contributed by atoms with van der Waals surface area (Å²) in [6.45, 7) is 0. The Hall–Kier alpha value is -1.30. The zero-order chi connectivity index (χ0) is 13.0. The molecule has 2 rings (SSSR count). The van der Waals surface area contributed by atoms with Gasteiger partial charge in [0.1, 0.15) is 0 Å². The first-order valence-electron chi connectivity index (χ1n) is 6.13. The predicted octanol–water partition coefficient (Wildman–Crippen LogP) is 1.61. The van der Waals surface area contributed by atoms with Gasteiger partial charge < -0.3 is 10.1 Å². The molecule has 1 aliphatic carbocycles. The first kappa shape index (κ1) is 13.1. The van der Waals surface area contributed by atoms with Crippen LogP contribution in [0.5, 0.6) is 0 Å². The van der Waals surface area contributed by atoms with Crippen LogP contribution in [0, 0.1) is 0 Å². The van der Waals surface area contributed by atoms with Crippen LogP contribution >= 0.6 is 11.8 Å². The third kappa shape index (κ3) is 3.35. The summed E-state index contributed by atoms with van der Waals surface area (Å²) >= 11 is 1.42. The second-order valence-corrected chi connectivity index (χ2v) is 5.43. The zero-order valence-electron chi connectivity index (χ0n) is 10.1. The van der Waals surface area contributed by atoms with Crippen LogP contribution in [-0.2, 0) is 17.6 Å². The molecule has 0 amide bonds. The summed E-state index contributed by atoms with van der Waals surface area (Å²) in [7, 11) is 0. The van der Waals surface area contributed by atoms with Crippen molar-refractivity contribution in [1.29, 1.82) is 0 Å². The number of carbonyl (C=O) groups is 1. The van der Waals surface area contributed by atoms with Crippen molar-refractivity contribution in [3.05, 3.63) is 21.6 Å². The van der Waals surface area contributed by atoms with E-state index in [2.05, 4.69) is 9.97 Å². The standard InChI is InChI=1S/C12H16N2O3S/c15-10(16)6-3-7-18-12-13-9-5-2-1-4-8(9)11(17)14-12/h1-7H2,(H,15,16)(H,13,14,17). The number of nitrogens with zero attached hydrogens (tertiary/aromatic N) is 1. The molecule has 1 aromatic heterocycles. The number of hydrogen-bond donors (Lipinski definition) is 2. The van der Waals surface area contributed by atoms with Gasteiger partial charge >= 0.3 is 5.97 Å². The van der Waals surface area contributed by atoms with E-state index in [1.54, 1.807) is 0 Å². The van der Waals surface area contributed by atoms with Gasteiger partial charge in [0.15, 0.2) is 5.16 Å². The fourth-order valence-electron chi connectivity index (χ4n) is 2.04. The zero-order valence-corrected chi connectivity index (χ0v) is 10.9. The molecule has 5 nitrogen and oxygen atoms in total. The lowest BCUT2D eigenvalue weighted by Gasteiger charge is -2.14. The first-order chi connectivity index (χ1) is 8.66. The van der Waals surface area contributed by atoms with Gasteiger partial charge in [0.2, 0.25) is 0 Å². The van der Waals surface area contributed by atoms with Crippen LogP contribution in [0.25, 0.3) is 0 Å². The van der Waals surface area contributed by atoms with Crippen molar-refractivity contribution in [2.75, 3.05) is 5.75 Å². The second-order valence-electron chi connectivity index (χ2n) is 4.35. The third-order valence-electron chi connectivity index (χ3n) is 2.94. The maximum absolute atomic E-state index is 11.8. The minimum Gasteiger partial charge on any atom is -0.481 e. The highest BCUT2D eigenvalue weighted by molar-refractivity contribution is 7.99. The van der Waals surface area contributed by atoms with Crippen molar-refractivity contribution >= 4 is 17.7 Å². The minimum absolute atomic E-state index is 0.0274. The molecule has 6 heteroatoms. The van der Waals surface area contributed by atoms with Gasteiger partial charge in [-0.1, -0.05) is 11.8 Å². The van der Waals surface area contributed by atoms with Gasteiger partial charge in [-0.25, -0.2) is 4.98 Å². The molecule has 0 saturated heterocycles. The van der Waals surface area contributed by atoms with E-state index in [1.807, 2.05) is 0 Å². The van der Waals surface area contributed by atoms with Gasteiger partial charge in [-0.15, -0.1) is 0 Å². The number of carboxylic acid groups (broad SMARTS) is 1. The Bertz CT molecular complexity index is 499. The molecule has 0 unspecified atom stereocenters. The Morgan fingerprint density at radius 1 is 1.39 bits per heavy atom. The van der Waals surface area contributed by atoms with Crippen molar-refractivity contribution in [2.45, 2.75) is 43.7 Å². The number of rotatable bonds is 5.